The van der Waals surface area contributed by atoms with E-state index in [4.69, 9.17) is 0 Å². The fraction of sp³-hybridized carbons (Fsp3) is 0.385. The number of nitrogens with zero attached hydrogens (tertiary/aromatic N) is 4. The highest BCUT2D eigenvalue weighted by molar-refractivity contribution is 7.98. The van der Waals surface area contributed by atoms with Gasteiger partial charge >= 0.3 is 0 Å². The average Bonchev–Trinajstić information content (AvgIpc) is 2.99. The molecular weight excluding hydrogens is 274 g/mol. The number of rotatable bonds is 6. The second kappa shape index (κ2) is 7.04. The Hall–Kier alpha value is -1.89. The number of hydrogen-bond acceptors (Lipinski definition) is 5. The van der Waals surface area contributed by atoms with E-state index >= 15 is 0 Å². The first-order valence-electron chi connectivity index (χ1n) is 6.35. The van der Waals surface area contributed by atoms with Gasteiger partial charge in [0.1, 0.15) is 0 Å². The molecule has 7 heteroatoms. The monoisotopic (exact) mass is 291 g/mol. The van der Waals surface area contributed by atoms with Crippen LogP contribution in [0.1, 0.15) is 23.7 Å². The third-order valence-corrected chi connectivity index (χ3v) is 3.47. The molecule has 2 aromatic heterocycles. The molecular formula is C13H17N5OS. The fourth-order valence-corrected chi connectivity index (χ4v) is 2.05. The van der Waals surface area contributed by atoms with E-state index in [0.29, 0.717) is 17.3 Å². The van der Waals surface area contributed by atoms with E-state index in [2.05, 4.69) is 20.3 Å². The molecule has 0 aromatic carbocycles. The highest BCUT2D eigenvalue weighted by Crippen LogP contribution is 2.07. The topological polar surface area (TPSA) is 72.7 Å². The van der Waals surface area contributed by atoms with E-state index in [1.807, 2.05) is 23.9 Å². The Bertz CT molecular complexity index is 540. The molecule has 0 radical (unpaired) electrons. The molecule has 1 N–H and O–H groups in total. The molecule has 2 heterocycles. The Labute approximate surface area is 122 Å². The van der Waals surface area contributed by atoms with Crippen LogP contribution in [-0.4, -0.2) is 37.7 Å². The first kappa shape index (κ1) is 14.5. The standard InChI is InChI=1S/C13H17N5OS/c1-3-11(8-18-5-4-14-9-18)17-12(19)10-6-15-13(20-2)16-7-10/h4-7,9,11H,3,8H2,1-2H3,(H,17,19)/t11-/m1/s1. The van der Waals surface area contributed by atoms with E-state index in [-0.39, 0.29) is 11.9 Å². The number of hydrogen-bond donors (Lipinski definition) is 1. The van der Waals surface area contributed by atoms with Crippen molar-refractivity contribution >= 4 is 17.7 Å². The Morgan fingerprint density at radius 3 is 2.75 bits per heavy atom. The third kappa shape index (κ3) is 3.80. The molecule has 0 bridgehead atoms. The Kier molecular flexibility index (Phi) is 5.11. The lowest BCUT2D eigenvalue weighted by Crippen LogP contribution is -2.37. The number of nitrogens with one attached hydrogen (secondary N) is 1. The zero-order valence-electron chi connectivity index (χ0n) is 11.5. The van der Waals surface area contributed by atoms with E-state index in [9.17, 15) is 4.79 Å². The second-order valence-electron chi connectivity index (χ2n) is 4.30. The minimum Gasteiger partial charge on any atom is -0.347 e. The van der Waals surface area contributed by atoms with Crippen LogP contribution in [0.2, 0.25) is 0 Å². The maximum Gasteiger partial charge on any atom is 0.254 e. The van der Waals surface area contributed by atoms with E-state index < -0.39 is 0 Å². The van der Waals surface area contributed by atoms with Crippen molar-refractivity contribution < 1.29 is 4.79 Å². The van der Waals surface area contributed by atoms with Gasteiger partial charge in [0.25, 0.3) is 5.91 Å². The molecule has 106 valence electrons. The lowest BCUT2D eigenvalue weighted by Gasteiger charge is -2.17. The zero-order chi connectivity index (χ0) is 14.4. The first-order chi connectivity index (χ1) is 9.72. The third-order valence-electron chi connectivity index (χ3n) is 2.89. The van der Waals surface area contributed by atoms with Crippen molar-refractivity contribution in [3.05, 3.63) is 36.7 Å². The van der Waals surface area contributed by atoms with Gasteiger partial charge in [-0.15, -0.1) is 0 Å². The Morgan fingerprint density at radius 1 is 1.45 bits per heavy atom. The maximum absolute atomic E-state index is 12.1. The molecule has 0 fully saturated rings. The molecule has 1 atom stereocenters. The lowest BCUT2D eigenvalue weighted by atomic mass is 10.2. The SMILES string of the molecule is CC[C@H](Cn1ccnc1)NC(=O)c1cnc(SC)nc1. The van der Waals surface area contributed by atoms with Crippen molar-refractivity contribution in [2.45, 2.75) is 31.1 Å². The molecule has 0 saturated carbocycles. The van der Waals surface area contributed by atoms with Crippen molar-refractivity contribution in [2.24, 2.45) is 0 Å². The Balaban J connectivity index is 1.97. The predicted octanol–water partition coefficient (Wildman–Crippen LogP) is 1.60. The van der Waals surface area contributed by atoms with Crippen molar-refractivity contribution in [2.75, 3.05) is 6.26 Å². The Morgan fingerprint density at radius 2 is 2.20 bits per heavy atom. The van der Waals surface area contributed by atoms with E-state index in [1.165, 1.54) is 11.8 Å². The number of imidazole rings is 1. The zero-order valence-corrected chi connectivity index (χ0v) is 12.3. The average molecular weight is 291 g/mol. The summed E-state index contributed by atoms with van der Waals surface area (Å²) >= 11 is 1.45. The van der Waals surface area contributed by atoms with Gasteiger partial charge in [0.05, 0.1) is 11.9 Å². The molecule has 2 rings (SSSR count). The summed E-state index contributed by atoms with van der Waals surface area (Å²) in [7, 11) is 0. The molecule has 6 nitrogen and oxygen atoms in total. The molecule has 0 aliphatic rings. The fourth-order valence-electron chi connectivity index (χ4n) is 1.73. The number of thioether (sulfide) groups is 1. The molecule has 0 unspecified atom stereocenters. The van der Waals surface area contributed by atoms with Crippen LogP contribution in [0.25, 0.3) is 0 Å². The predicted molar refractivity (Wildman–Crippen MR) is 77.6 cm³/mol. The van der Waals surface area contributed by atoms with Gasteiger partial charge in [-0.3, -0.25) is 4.79 Å². The smallest absolute Gasteiger partial charge is 0.254 e. The van der Waals surface area contributed by atoms with Crippen molar-refractivity contribution in [1.82, 2.24) is 24.8 Å². The van der Waals surface area contributed by atoms with Crippen LogP contribution in [0.5, 0.6) is 0 Å². The first-order valence-corrected chi connectivity index (χ1v) is 7.58. The van der Waals surface area contributed by atoms with Crippen LogP contribution in [0.4, 0.5) is 0 Å². The van der Waals surface area contributed by atoms with Gasteiger partial charge in [-0.2, -0.15) is 0 Å². The summed E-state index contributed by atoms with van der Waals surface area (Å²) < 4.78 is 1.95. The van der Waals surface area contributed by atoms with Gasteiger partial charge in [0.2, 0.25) is 0 Å². The highest BCUT2D eigenvalue weighted by atomic mass is 32.2. The maximum atomic E-state index is 12.1. The molecule has 0 aliphatic carbocycles. The molecule has 0 aliphatic heterocycles. The van der Waals surface area contributed by atoms with Gasteiger partial charge in [0.15, 0.2) is 5.16 Å². The van der Waals surface area contributed by atoms with E-state index in [0.717, 1.165) is 6.42 Å². The summed E-state index contributed by atoms with van der Waals surface area (Å²) in [5.74, 6) is -0.149. The van der Waals surface area contributed by atoms with Gasteiger partial charge < -0.3 is 9.88 Å². The van der Waals surface area contributed by atoms with Crippen LogP contribution < -0.4 is 5.32 Å². The van der Waals surface area contributed by atoms with Crippen molar-refractivity contribution in [3.63, 3.8) is 0 Å². The summed E-state index contributed by atoms with van der Waals surface area (Å²) in [6.45, 7) is 2.74. The second-order valence-corrected chi connectivity index (χ2v) is 5.07. The van der Waals surface area contributed by atoms with Gasteiger partial charge in [0, 0.05) is 37.4 Å². The molecule has 0 spiro atoms. The summed E-state index contributed by atoms with van der Waals surface area (Å²) in [6.07, 6.45) is 11.2. The number of amides is 1. The minimum atomic E-state index is -0.149. The summed E-state index contributed by atoms with van der Waals surface area (Å²) in [4.78, 5) is 24.3. The van der Waals surface area contributed by atoms with E-state index in [1.54, 1.807) is 24.9 Å². The minimum absolute atomic E-state index is 0.0527. The lowest BCUT2D eigenvalue weighted by molar-refractivity contribution is 0.0931. The molecule has 2 aromatic rings. The normalized spacial score (nSPS) is 12.1. The molecule has 20 heavy (non-hydrogen) atoms. The van der Waals surface area contributed by atoms with Crippen molar-refractivity contribution in [3.8, 4) is 0 Å². The molecule has 0 saturated heterocycles. The summed E-state index contributed by atoms with van der Waals surface area (Å²) in [5.41, 5.74) is 0.479. The molecule has 1 amide bonds. The summed E-state index contributed by atoms with van der Waals surface area (Å²) in [5, 5.41) is 3.64. The number of aromatic nitrogens is 4. The van der Waals surface area contributed by atoms with Crippen LogP contribution in [0.15, 0.2) is 36.3 Å². The van der Waals surface area contributed by atoms with Crippen LogP contribution in [-0.2, 0) is 6.54 Å². The van der Waals surface area contributed by atoms with Gasteiger partial charge in [-0.25, -0.2) is 15.0 Å². The van der Waals surface area contributed by atoms with Crippen LogP contribution >= 0.6 is 11.8 Å². The largest absolute Gasteiger partial charge is 0.347 e. The van der Waals surface area contributed by atoms with Gasteiger partial charge in [-0.05, 0) is 12.7 Å². The quantitative estimate of drug-likeness (QED) is 0.646. The van der Waals surface area contributed by atoms with Crippen LogP contribution in [0, 0.1) is 0 Å². The van der Waals surface area contributed by atoms with Crippen molar-refractivity contribution in [1.29, 1.82) is 0 Å². The number of carbonyl (C=O) groups is 1. The van der Waals surface area contributed by atoms with Crippen LogP contribution in [0.3, 0.4) is 0 Å². The number of carbonyl (C=O) groups excluding carboxylic acids is 1. The summed E-state index contributed by atoms with van der Waals surface area (Å²) in [6, 6.07) is 0.0527. The highest BCUT2D eigenvalue weighted by Gasteiger charge is 2.13. The van der Waals surface area contributed by atoms with Gasteiger partial charge in [-0.1, -0.05) is 18.7 Å².